The fraction of sp³-hybridized carbons (Fsp3) is 0.308. The standard InChI is InChI=1S/C26H29N5/c1-31-16-12-20(13-17-31)24-18-22-21(11-15-28-26(22)30-24)23-8-5-9-25(29-23)27-14-10-19-6-3-2-4-7-19/h2-9,11,15,18,20H,10,12-14,16-17H2,1H3,(H,27,29)(H,28,30). The van der Waals surface area contributed by atoms with Crippen LogP contribution < -0.4 is 5.32 Å². The lowest BCUT2D eigenvalue weighted by Gasteiger charge is -2.28. The summed E-state index contributed by atoms with van der Waals surface area (Å²) < 4.78 is 0. The minimum Gasteiger partial charge on any atom is -0.370 e. The Hall–Kier alpha value is -3.18. The summed E-state index contributed by atoms with van der Waals surface area (Å²) in [5, 5.41) is 4.63. The van der Waals surface area contributed by atoms with Crippen molar-refractivity contribution in [1.82, 2.24) is 19.9 Å². The minimum atomic E-state index is 0.581. The summed E-state index contributed by atoms with van der Waals surface area (Å²) in [5.74, 6) is 1.49. The molecule has 0 saturated carbocycles. The van der Waals surface area contributed by atoms with Crippen LogP contribution in [-0.4, -0.2) is 46.5 Å². The van der Waals surface area contributed by atoms with E-state index in [2.05, 4.69) is 81.8 Å². The number of nitrogens with one attached hydrogen (secondary N) is 2. The van der Waals surface area contributed by atoms with Gasteiger partial charge in [-0.25, -0.2) is 9.97 Å². The van der Waals surface area contributed by atoms with E-state index in [0.717, 1.165) is 54.2 Å². The van der Waals surface area contributed by atoms with Crippen molar-refractivity contribution in [2.45, 2.75) is 25.2 Å². The van der Waals surface area contributed by atoms with Crippen LogP contribution in [0.1, 0.15) is 30.0 Å². The molecule has 4 heterocycles. The minimum absolute atomic E-state index is 0.581. The van der Waals surface area contributed by atoms with Crippen LogP contribution >= 0.6 is 0 Å². The molecule has 0 aliphatic carbocycles. The molecule has 4 aromatic rings. The average molecular weight is 412 g/mol. The van der Waals surface area contributed by atoms with Gasteiger partial charge >= 0.3 is 0 Å². The average Bonchev–Trinajstić information content (AvgIpc) is 3.25. The van der Waals surface area contributed by atoms with Crippen LogP contribution in [0, 0.1) is 0 Å². The topological polar surface area (TPSA) is 56.8 Å². The van der Waals surface area contributed by atoms with Gasteiger partial charge in [-0.1, -0.05) is 36.4 Å². The second kappa shape index (κ2) is 8.90. The molecular weight excluding hydrogens is 382 g/mol. The molecule has 0 bridgehead atoms. The molecule has 0 radical (unpaired) electrons. The molecule has 1 saturated heterocycles. The first-order valence-corrected chi connectivity index (χ1v) is 11.2. The molecule has 0 unspecified atom stereocenters. The Morgan fingerprint density at radius 3 is 2.71 bits per heavy atom. The molecule has 1 aliphatic heterocycles. The number of H-pyrrole nitrogens is 1. The van der Waals surface area contributed by atoms with Crippen molar-refractivity contribution in [2.24, 2.45) is 0 Å². The van der Waals surface area contributed by atoms with Crippen LogP contribution in [0.3, 0.4) is 0 Å². The predicted octanol–water partition coefficient (Wildman–Crippen LogP) is 5.09. The SMILES string of the molecule is CN1CCC(c2cc3c(-c4cccc(NCCc5ccccc5)n4)ccnc3[nH]2)CC1. The molecule has 1 aromatic carbocycles. The number of rotatable bonds is 6. The smallest absolute Gasteiger partial charge is 0.138 e. The zero-order valence-corrected chi connectivity index (χ0v) is 18.0. The summed E-state index contributed by atoms with van der Waals surface area (Å²) in [5.41, 5.74) is 5.70. The van der Waals surface area contributed by atoms with Gasteiger partial charge in [0.15, 0.2) is 0 Å². The van der Waals surface area contributed by atoms with E-state index in [1.165, 1.54) is 24.1 Å². The summed E-state index contributed by atoms with van der Waals surface area (Å²) >= 11 is 0. The van der Waals surface area contributed by atoms with E-state index in [1.807, 2.05) is 12.3 Å². The number of piperidine rings is 1. The van der Waals surface area contributed by atoms with Crippen molar-refractivity contribution >= 4 is 16.9 Å². The zero-order valence-electron chi connectivity index (χ0n) is 18.0. The summed E-state index contributed by atoms with van der Waals surface area (Å²) in [6.45, 7) is 3.16. The zero-order chi connectivity index (χ0) is 21.0. The normalized spacial score (nSPS) is 15.4. The molecule has 0 atom stereocenters. The van der Waals surface area contributed by atoms with Gasteiger partial charge in [0.1, 0.15) is 11.5 Å². The van der Waals surface area contributed by atoms with E-state index >= 15 is 0 Å². The van der Waals surface area contributed by atoms with Gasteiger partial charge in [-0.2, -0.15) is 0 Å². The van der Waals surface area contributed by atoms with E-state index in [0.29, 0.717) is 5.92 Å². The number of fused-ring (bicyclic) bond motifs is 1. The Morgan fingerprint density at radius 1 is 1.03 bits per heavy atom. The van der Waals surface area contributed by atoms with Gasteiger partial charge in [0.2, 0.25) is 0 Å². The van der Waals surface area contributed by atoms with E-state index in [4.69, 9.17) is 4.98 Å². The number of hydrogen-bond donors (Lipinski definition) is 2. The molecule has 2 N–H and O–H groups in total. The Balaban J connectivity index is 1.36. The van der Waals surface area contributed by atoms with Gasteiger partial charge in [0.25, 0.3) is 0 Å². The van der Waals surface area contributed by atoms with Gasteiger partial charge in [0.05, 0.1) is 5.69 Å². The molecule has 158 valence electrons. The first-order valence-electron chi connectivity index (χ1n) is 11.2. The van der Waals surface area contributed by atoms with Crippen molar-refractivity contribution in [3.63, 3.8) is 0 Å². The highest BCUT2D eigenvalue weighted by Crippen LogP contribution is 2.33. The van der Waals surface area contributed by atoms with Crippen molar-refractivity contribution in [3.05, 3.63) is 78.1 Å². The van der Waals surface area contributed by atoms with Gasteiger partial charge in [-0.3, -0.25) is 0 Å². The fourth-order valence-electron chi connectivity index (χ4n) is 4.47. The Bertz CT molecular complexity index is 1140. The molecule has 5 nitrogen and oxygen atoms in total. The third-order valence-electron chi connectivity index (χ3n) is 6.30. The van der Waals surface area contributed by atoms with Crippen LogP contribution in [-0.2, 0) is 6.42 Å². The number of aromatic amines is 1. The van der Waals surface area contributed by atoms with Crippen LogP contribution in [0.25, 0.3) is 22.3 Å². The lowest BCUT2D eigenvalue weighted by Crippen LogP contribution is -2.29. The van der Waals surface area contributed by atoms with Crippen molar-refractivity contribution < 1.29 is 0 Å². The predicted molar refractivity (Wildman–Crippen MR) is 127 cm³/mol. The number of benzene rings is 1. The molecule has 3 aromatic heterocycles. The second-order valence-electron chi connectivity index (χ2n) is 8.49. The van der Waals surface area contributed by atoms with Crippen LogP contribution in [0.15, 0.2) is 66.9 Å². The number of likely N-dealkylation sites (tertiary alicyclic amines) is 1. The molecule has 1 fully saturated rings. The number of aromatic nitrogens is 3. The summed E-state index contributed by atoms with van der Waals surface area (Å²) in [6, 6.07) is 21.1. The molecular formula is C26H29N5. The number of hydrogen-bond acceptors (Lipinski definition) is 4. The third kappa shape index (κ3) is 4.47. The highest BCUT2D eigenvalue weighted by Gasteiger charge is 2.21. The first-order chi connectivity index (χ1) is 15.3. The summed E-state index contributed by atoms with van der Waals surface area (Å²) in [6.07, 6.45) is 5.24. The summed E-state index contributed by atoms with van der Waals surface area (Å²) in [4.78, 5) is 15.5. The van der Waals surface area contributed by atoms with Crippen molar-refractivity contribution in [3.8, 4) is 11.3 Å². The maximum Gasteiger partial charge on any atom is 0.138 e. The Labute approximate surface area is 183 Å². The largest absolute Gasteiger partial charge is 0.370 e. The van der Waals surface area contributed by atoms with Crippen LogP contribution in [0.5, 0.6) is 0 Å². The van der Waals surface area contributed by atoms with Crippen molar-refractivity contribution in [2.75, 3.05) is 32.0 Å². The lowest BCUT2D eigenvalue weighted by atomic mass is 9.93. The van der Waals surface area contributed by atoms with E-state index in [9.17, 15) is 0 Å². The monoisotopic (exact) mass is 411 g/mol. The quantitative estimate of drug-likeness (QED) is 0.464. The molecule has 0 spiro atoms. The highest BCUT2D eigenvalue weighted by molar-refractivity contribution is 5.92. The Kier molecular flexibility index (Phi) is 5.67. The summed E-state index contributed by atoms with van der Waals surface area (Å²) in [7, 11) is 2.20. The van der Waals surface area contributed by atoms with Gasteiger partial charge in [0, 0.05) is 35.3 Å². The lowest BCUT2D eigenvalue weighted by molar-refractivity contribution is 0.254. The van der Waals surface area contributed by atoms with E-state index < -0.39 is 0 Å². The Morgan fingerprint density at radius 2 is 1.87 bits per heavy atom. The molecule has 31 heavy (non-hydrogen) atoms. The van der Waals surface area contributed by atoms with Crippen molar-refractivity contribution in [1.29, 1.82) is 0 Å². The number of nitrogens with zero attached hydrogens (tertiary/aromatic N) is 3. The maximum absolute atomic E-state index is 4.90. The molecule has 1 aliphatic rings. The number of anilines is 1. The van der Waals surface area contributed by atoms with Crippen LogP contribution in [0.2, 0.25) is 0 Å². The molecule has 5 rings (SSSR count). The van der Waals surface area contributed by atoms with E-state index in [-0.39, 0.29) is 0 Å². The van der Waals surface area contributed by atoms with Gasteiger partial charge < -0.3 is 15.2 Å². The number of pyridine rings is 2. The second-order valence-corrected chi connectivity index (χ2v) is 8.49. The van der Waals surface area contributed by atoms with Gasteiger partial charge in [-0.05, 0) is 69.2 Å². The molecule has 0 amide bonds. The fourth-order valence-corrected chi connectivity index (χ4v) is 4.47. The molecule has 5 heteroatoms. The van der Waals surface area contributed by atoms with Crippen LogP contribution in [0.4, 0.5) is 5.82 Å². The van der Waals surface area contributed by atoms with E-state index in [1.54, 1.807) is 0 Å². The first kappa shape index (κ1) is 19.8. The van der Waals surface area contributed by atoms with Gasteiger partial charge in [-0.15, -0.1) is 0 Å². The maximum atomic E-state index is 4.90. The highest BCUT2D eigenvalue weighted by atomic mass is 15.1. The third-order valence-corrected chi connectivity index (χ3v) is 6.30.